The zero-order chi connectivity index (χ0) is 21.6. The van der Waals surface area contributed by atoms with E-state index in [0.29, 0.717) is 0 Å². The first-order valence-corrected chi connectivity index (χ1v) is 11.3. The second kappa shape index (κ2) is 10.1. The second-order valence-electron chi connectivity index (χ2n) is 8.08. The summed E-state index contributed by atoms with van der Waals surface area (Å²) in [6.45, 7) is 12.5. The van der Waals surface area contributed by atoms with Crippen LogP contribution in [0.3, 0.4) is 0 Å². The third-order valence-corrected chi connectivity index (χ3v) is 6.46. The number of piperidine rings is 1. The third-order valence-electron chi connectivity index (χ3n) is 5.67. The molecule has 0 N–H and O–H groups in total. The van der Waals surface area contributed by atoms with Crippen molar-refractivity contribution in [2.24, 2.45) is 4.99 Å². The smallest absolute Gasteiger partial charge is 0.0975 e. The minimum Gasteiger partial charge on any atom is -0.371 e. The van der Waals surface area contributed by atoms with Crippen molar-refractivity contribution in [3.63, 3.8) is 0 Å². The van der Waals surface area contributed by atoms with E-state index in [9.17, 15) is 0 Å². The van der Waals surface area contributed by atoms with Gasteiger partial charge in [0.25, 0.3) is 0 Å². The summed E-state index contributed by atoms with van der Waals surface area (Å²) in [5, 5.41) is 0.191. The quantitative estimate of drug-likeness (QED) is 0.436. The van der Waals surface area contributed by atoms with Crippen molar-refractivity contribution in [1.82, 2.24) is 14.9 Å². The number of hydrogen-bond acceptors (Lipinski definition) is 4. The molecule has 0 aromatic carbocycles. The summed E-state index contributed by atoms with van der Waals surface area (Å²) in [5.74, 6) is 0. The molecule has 1 aliphatic heterocycles. The van der Waals surface area contributed by atoms with Gasteiger partial charge in [0.1, 0.15) is 0 Å². The molecule has 0 spiro atoms. The van der Waals surface area contributed by atoms with Crippen LogP contribution in [0, 0.1) is 6.92 Å². The van der Waals surface area contributed by atoms with Crippen molar-refractivity contribution in [2.45, 2.75) is 51.6 Å². The number of hydrogen-bond donors (Lipinski definition) is 0. The Hall–Kier alpha value is -2.32. The maximum absolute atomic E-state index is 4.64. The molecule has 2 aromatic heterocycles. The predicted octanol–water partition coefficient (Wildman–Crippen LogP) is 5.55. The molecule has 158 valence electrons. The molecule has 0 aliphatic carbocycles. The molecule has 1 aliphatic rings. The van der Waals surface area contributed by atoms with Crippen LogP contribution in [0.25, 0.3) is 11.4 Å². The molecule has 1 saturated heterocycles. The number of aromatic nitrogens is 2. The van der Waals surface area contributed by atoms with Gasteiger partial charge < -0.3 is 4.90 Å². The highest BCUT2D eigenvalue weighted by molar-refractivity contribution is 7.19. The van der Waals surface area contributed by atoms with Crippen molar-refractivity contribution in [2.75, 3.05) is 13.1 Å². The summed E-state index contributed by atoms with van der Waals surface area (Å²) < 4.78 is 0. The molecule has 0 bridgehead atoms. The number of nitrogens with zero attached hydrogens (tertiary/aromatic N) is 4. The molecule has 1 fully saturated rings. The SMILES string of the molecule is C=C(c1cccnc1/C(=C/CC)N=CC)N1CCC(P)(Cc2ccc(C)cn2)CC1. The van der Waals surface area contributed by atoms with Gasteiger partial charge in [-0.25, -0.2) is 0 Å². The van der Waals surface area contributed by atoms with Gasteiger partial charge in [-0.2, -0.15) is 0 Å². The van der Waals surface area contributed by atoms with Crippen molar-refractivity contribution in [3.05, 3.63) is 71.8 Å². The number of aliphatic imine (C=N–C) groups is 1. The molecular formula is C25H33N4P. The number of rotatable bonds is 7. The molecule has 4 nitrogen and oxygen atoms in total. The molecule has 5 heteroatoms. The lowest BCUT2D eigenvalue weighted by Gasteiger charge is -2.41. The maximum Gasteiger partial charge on any atom is 0.0975 e. The summed E-state index contributed by atoms with van der Waals surface area (Å²) in [4.78, 5) is 16.2. The highest BCUT2D eigenvalue weighted by Gasteiger charge is 2.32. The molecule has 3 rings (SSSR count). The van der Waals surface area contributed by atoms with Crippen LogP contribution < -0.4 is 0 Å². The Morgan fingerprint density at radius 1 is 1.27 bits per heavy atom. The zero-order valence-corrected chi connectivity index (χ0v) is 19.6. The zero-order valence-electron chi connectivity index (χ0n) is 18.4. The summed E-state index contributed by atoms with van der Waals surface area (Å²) in [5.41, 5.74) is 6.31. The highest BCUT2D eigenvalue weighted by atomic mass is 31.0. The maximum atomic E-state index is 4.64. The van der Waals surface area contributed by atoms with Gasteiger partial charge in [0.2, 0.25) is 0 Å². The van der Waals surface area contributed by atoms with Crippen LogP contribution in [0.1, 0.15) is 55.6 Å². The second-order valence-corrected chi connectivity index (χ2v) is 9.31. The molecule has 0 radical (unpaired) electrons. The average Bonchev–Trinajstić information content (AvgIpc) is 2.75. The monoisotopic (exact) mass is 420 g/mol. The average molecular weight is 421 g/mol. The van der Waals surface area contributed by atoms with E-state index in [1.165, 1.54) is 11.3 Å². The Morgan fingerprint density at radius 3 is 2.67 bits per heavy atom. The highest BCUT2D eigenvalue weighted by Crippen LogP contribution is 2.37. The van der Waals surface area contributed by atoms with Crippen molar-refractivity contribution in [1.29, 1.82) is 0 Å². The summed E-state index contributed by atoms with van der Waals surface area (Å²) in [7, 11) is 3.12. The first kappa shape index (κ1) is 22.4. The van der Waals surface area contributed by atoms with E-state index >= 15 is 0 Å². The topological polar surface area (TPSA) is 41.4 Å². The van der Waals surface area contributed by atoms with Crippen molar-refractivity contribution in [3.8, 4) is 0 Å². The van der Waals surface area contributed by atoms with Crippen LogP contribution in [0.2, 0.25) is 0 Å². The number of aryl methyl sites for hydroxylation is 1. The van der Waals surface area contributed by atoms with E-state index in [1.807, 2.05) is 31.6 Å². The minimum atomic E-state index is 0.191. The van der Waals surface area contributed by atoms with Crippen LogP contribution in [0.15, 0.2) is 54.3 Å². The van der Waals surface area contributed by atoms with Gasteiger partial charge in [0.05, 0.1) is 11.4 Å². The van der Waals surface area contributed by atoms with Crippen LogP contribution in [0.4, 0.5) is 0 Å². The predicted molar refractivity (Wildman–Crippen MR) is 132 cm³/mol. The molecule has 1 unspecified atom stereocenters. The molecule has 30 heavy (non-hydrogen) atoms. The van der Waals surface area contributed by atoms with Crippen LogP contribution >= 0.6 is 9.24 Å². The van der Waals surface area contributed by atoms with E-state index in [2.05, 4.69) is 73.8 Å². The van der Waals surface area contributed by atoms with Gasteiger partial charge in [-0.05, 0) is 68.4 Å². The third kappa shape index (κ3) is 5.43. The lowest BCUT2D eigenvalue weighted by atomic mass is 9.89. The molecule has 0 saturated carbocycles. The normalized spacial score (nSPS) is 16.8. The van der Waals surface area contributed by atoms with E-state index in [1.54, 1.807) is 0 Å². The minimum absolute atomic E-state index is 0.191. The Morgan fingerprint density at radius 2 is 2.03 bits per heavy atom. The molecule has 0 amide bonds. The molecule has 1 atom stereocenters. The van der Waals surface area contributed by atoms with E-state index in [-0.39, 0.29) is 5.16 Å². The lowest BCUT2D eigenvalue weighted by Crippen LogP contribution is -2.41. The lowest BCUT2D eigenvalue weighted by molar-refractivity contribution is 0.276. The van der Waals surface area contributed by atoms with Gasteiger partial charge in [-0.3, -0.25) is 15.0 Å². The molecular weight excluding hydrogens is 387 g/mol. The van der Waals surface area contributed by atoms with Crippen LogP contribution in [0.5, 0.6) is 0 Å². The summed E-state index contributed by atoms with van der Waals surface area (Å²) in [6.07, 6.45) is 11.8. The van der Waals surface area contributed by atoms with Gasteiger partial charge in [0, 0.05) is 48.7 Å². The number of likely N-dealkylation sites (tertiary alicyclic amines) is 1. The van der Waals surface area contributed by atoms with E-state index < -0.39 is 0 Å². The van der Waals surface area contributed by atoms with E-state index in [4.69, 9.17) is 0 Å². The standard InChI is InChI=1S/C25H33N4P/c1-5-8-23(26-6-2)24-22(9-7-14-27-24)20(4)29-15-12-25(30,13-16-29)17-21-11-10-19(3)18-28-21/h6-11,14,18H,4-5,12-13,15-17,30H2,1-3H3/b23-8-,26-6?. The Labute approximate surface area is 183 Å². The van der Waals surface area contributed by atoms with Gasteiger partial charge in [0.15, 0.2) is 0 Å². The summed E-state index contributed by atoms with van der Waals surface area (Å²) >= 11 is 0. The fourth-order valence-corrected chi connectivity index (χ4v) is 4.39. The van der Waals surface area contributed by atoms with Crippen molar-refractivity contribution < 1.29 is 0 Å². The van der Waals surface area contributed by atoms with Crippen LogP contribution in [-0.2, 0) is 6.42 Å². The van der Waals surface area contributed by atoms with Gasteiger partial charge >= 0.3 is 0 Å². The number of allylic oxidation sites excluding steroid dienone is 1. The molecule has 2 aromatic rings. The van der Waals surface area contributed by atoms with E-state index in [0.717, 1.165) is 61.4 Å². The largest absolute Gasteiger partial charge is 0.371 e. The first-order chi connectivity index (χ1) is 14.5. The first-order valence-electron chi connectivity index (χ1n) is 10.7. The fraction of sp³-hybridized carbons (Fsp3) is 0.400. The Balaban J connectivity index is 1.73. The van der Waals surface area contributed by atoms with Crippen LogP contribution in [-0.4, -0.2) is 39.3 Å². The Bertz CT molecular complexity index is 922. The number of pyridine rings is 2. The fourth-order valence-electron chi connectivity index (χ4n) is 3.92. The molecule has 3 heterocycles. The van der Waals surface area contributed by atoms with Gasteiger partial charge in [-0.15, -0.1) is 9.24 Å². The Kier molecular flexibility index (Phi) is 7.55. The van der Waals surface area contributed by atoms with Gasteiger partial charge in [-0.1, -0.05) is 25.6 Å². The summed E-state index contributed by atoms with van der Waals surface area (Å²) in [6, 6.07) is 8.40. The van der Waals surface area contributed by atoms with Crippen molar-refractivity contribution >= 4 is 26.8 Å².